The first-order valence-electron chi connectivity index (χ1n) is 18.7. The van der Waals surface area contributed by atoms with Crippen molar-refractivity contribution in [1.29, 1.82) is 0 Å². The van der Waals surface area contributed by atoms with Crippen LogP contribution in [0, 0.1) is 0 Å². The predicted molar refractivity (Wildman–Crippen MR) is 223 cm³/mol. The molecule has 0 fully saturated rings. The fourth-order valence-corrected chi connectivity index (χ4v) is 8.77. The molecule has 3 heterocycles. The van der Waals surface area contributed by atoms with Crippen LogP contribution in [-0.4, -0.2) is 19.5 Å². The molecule has 0 unspecified atom stereocenters. The Morgan fingerprint density at radius 2 is 1.13 bits per heavy atom. The van der Waals surface area contributed by atoms with E-state index in [1.165, 1.54) is 43.8 Å². The minimum Gasteiger partial charge on any atom is -0.456 e. The summed E-state index contributed by atoms with van der Waals surface area (Å²) in [6.45, 7) is 0. The van der Waals surface area contributed by atoms with Crippen LogP contribution in [0.4, 0.5) is 0 Å². The van der Waals surface area contributed by atoms with Crippen molar-refractivity contribution in [2.75, 3.05) is 0 Å². The molecule has 0 saturated carbocycles. The minimum atomic E-state index is 0.614. The number of benzene rings is 8. The highest BCUT2D eigenvalue weighted by atomic mass is 16.3. The summed E-state index contributed by atoms with van der Waals surface area (Å²) < 4.78 is 9.04. The van der Waals surface area contributed by atoms with E-state index in [0.29, 0.717) is 17.5 Å². The molecule has 8 aromatic carbocycles. The van der Waals surface area contributed by atoms with Crippen LogP contribution in [0.15, 0.2) is 174 Å². The lowest BCUT2D eigenvalue weighted by Crippen LogP contribution is -2.02. The molecule has 256 valence electrons. The molecule has 0 atom stereocenters. The largest absolute Gasteiger partial charge is 0.456 e. The molecule has 0 N–H and O–H groups in total. The third kappa shape index (κ3) is 4.57. The van der Waals surface area contributed by atoms with Crippen LogP contribution in [0.2, 0.25) is 0 Å². The van der Waals surface area contributed by atoms with E-state index in [9.17, 15) is 0 Å². The van der Waals surface area contributed by atoms with E-state index in [1.807, 2.05) is 30.3 Å². The number of rotatable bonds is 4. The predicted octanol–water partition coefficient (Wildman–Crippen LogP) is 12.6. The van der Waals surface area contributed by atoms with Gasteiger partial charge in [-0.15, -0.1) is 0 Å². The molecule has 0 amide bonds. The Hall–Kier alpha value is -7.37. The summed E-state index contributed by atoms with van der Waals surface area (Å²) in [5.74, 6) is 1.92. The van der Waals surface area contributed by atoms with Crippen LogP contribution in [0.5, 0.6) is 0 Å². The van der Waals surface area contributed by atoms with Gasteiger partial charge in [-0.2, -0.15) is 0 Å². The summed E-state index contributed by atoms with van der Waals surface area (Å²) >= 11 is 0. The van der Waals surface area contributed by atoms with Gasteiger partial charge >= 0.3 is 0 Å². The minimum absolute atomic E-state index is 0.614. The molecule has 5 heteroatoms. The van der Waals surface area contributed by atoms with Crippen LogP contribution in [0.25, 0.3) is 105 Å². The van der Waals surface area contributed by atoms with Crippen molar-refractivity contribution in [3.63, 3.8) is 0 Å². The third-order valence-electron chi connectivity index (χ3n) is 11.3. The first-order chi connectivity index (χ1) is 27.2. The highest BCUT2D eigenvalue weighted by Crippen LogP contribution is 2.43. The number of hydrogen-bond donors (Lipinski definition) is 0. The van der Waals surface area contributed by atoms with E-state index in [4.69, 9.17) is 19.4 Å². The molecule has 11 aromatic rings. The third-order valence-corrected chi connectivity index (χ3v) is 11.3. The Morgan fingerprint density at radius 1 is 0.436 bits per heavy atom. The van der Waals surface area contributed by atoms with Gasteiger partial charge in [0.05, 0.1) is 11.0 Å². The van der Waals surface area contributed by atoms with E-state index in [0.717, 1.165) is 61.8 Å². The lowest BCUT2D eigenvalue weighted by molar-refractivity contribution is 0.668. The van der Waals surface area contributed by atoms with Gasteiger partial charge < -0.3 is 8.98 Å². The Labute approximate surface area is 315 Å². The second-order valence-electron chi connectivity index (χ2n) is 14.4. The summed E-state index contributed by atoms with van der Waals surface area (Å²) in [4.78, 5) is 15.5. The van der Waals surface area contributed by atoms with E-state index in [-0.39, 0.29) is 0 Å². The first-order valence-corrected chi connectivity index (χ1v) is 18.7. The van der Waals surface area contributed by atoms with Crippen LogP contribution in [0.1, 0.15) is 11.1 Å². The van der Waals surface area contributed by atoms with Gasteiger partial charge in [0.15, 0.2) is 17.5 Å². The Bertz CT molecular complexity index is 3360. The van der Waals surface area contributed by atoms with Crippen LogP contribution in [-0.2, 0) is 6.42 Å². The summed E-state index contributed by atoms with van der Waals surface area (Å²) in [5.41, 5.74) is 12.9. The van der Waals surface area contributed by atoms with Gasteiger partial charge in [0, 0.05) is 50.0 Å². The maximum atomic E-state index is 6.69. The highest BCUT2D eigenvalue weighted by Gasteiger charge is 2.24. The maximum Gasteiger partial charge on any atom is 0.164 e. The van der Waals surface area contributed by atoms with Crippen LogP contribution >= 0.6 is 0 Å². The van der Waals surface area contributed by atoms with Crippen molar-refractivity contribution in [2.24, 2.45) is 0 Å². The molecule has 0 bridgehead atoms. The van der Waals surface area contributed by atoms with Gasteiger partial charge in [0.1, 0.15) is 11.2 Å². The lowest BCUT2D eigenvalue weighted by Gasteiger charge is -2.12. The number of furan rings is 1. The maximum absolute atomic E-state index is 6.69. The molecule has 1 aliphatic carbocycles. The molecule has 3 aromatic heterocycles. The average molecular weight is 703 g/mol. The second-order valence-corrected chi connectivity index (χ2v) is 14.4. The van der Waals surface area contributed by atoms with Gasteiger partial charge in [-0.1, -0.05) is 127 Å². The summed E-state index contributed by atoms with van der Waals surface area (Å²) in [7, 11) is 0. The molecule has 0 radical (unpaired) electrons. The first kappa shape index (κ1) is 30.1. The van der Waals surface area contributed by atoms with Crippen LogP contribution in [0.3, 0.4) is 0 Å². The van der Waals surface area contributed by atoms with Crippen molar-refractivity contribution in [2.45, 2.75) is 6.42 Å². The summed E-state index contributed by atoms with van der Waals surface area (Å²) in [5, 5.41) is 6.90. The topological polar surface area (TPSA) is 56.7 Å². The molecule has 0 aliphatic heterocycles. The zero-order valence-electron chi connectivity index (χ0n) is 29.6. The molecule has 12 rings (SSSR count). The average Bonchev–Trinajstić information content (AvgIpc) is 3.92. The summed E-state index contributed by atoms with van der Waals surface area (Å²) in [6.07, 6.45) is 0.843. The highest BCUT2D eigenvalue weighted by molar-refractivity contribution is 6.15. The lowest BCUT2D eigenvalue weighted by atomic mass is 10.0. The smallest absolute Gasteiger partial charge is 0.164 e. The summed E-state index contributed by atoms with van der Waals surface area (Å²) in [6, 6.07) is 59.8. The number of aromatic nitrogens is 4. The molecular weight excluding hydrogens is 673 g/mol. The SMILES string of the molecule is c1ccc(-c2nc(-c3cccc4c3Cc3ccccc3-4)nc(-c3cccc4oc5cc(-n6c7ccccc7c7cc8ccccc8cc76)ccc5c34)n2)cc1. The van der Waals surface area contributed by atoms with Crippen molar-refractivity contribution in [1.82, 2.24) is 19.5 Å². The number of para-hydroxylation sites is 1. The van der Waals surface area contributed by atoms with Gasteiger partial charge in [0.25, 0.3) is 0 Å². The number of nitrogens with zero attached hydrogens (tertiary/aromatic N) is 4. The van der Waals surface area contributed by atoms with Gasteiger partial charge in [-0.3, -0.25) is 0 Å². The van der Waals surface area contributed by atoms with E-state index in [1.54, 1.807) is 0 Å². The van der Waals surface area contributed by atoms with Crippen molar-refractivity contribution < 1.29 is 4.42 Å². The molecular formula is C50H30N4O. The van der Waals surface area contributed by atoms with Crippen molar-refractivity contribution >= 4 is 54.5 Å². The Kier molecular flexibility index (Phi) is 6.33. The number of hydrogen-bond acceptors (Lipinski definition) is 4. The van der Waals surface area contributed by atoms with Crippen LogP contribution < -0.4 is 0 Å². The van der Waals surface area contributed by atoms with E-state index in [2.05, 4.69) is 144 Å². The van der Waals surface area contributed by atoms with Crippen molar-refractivity contribution in [3.8, 4) is 51.0 Å². The fourth-order valence-electron chi connectivity index (χ4n) is 8.77. The zero-order valence-corrected chi connectivity index (χ0v) is 29.6. The second kappa shape index (κ2) is 11.6. The van der Waals surface area contributed by atoms with Gasteiger partial charge in [-0.25, -0.2) is 15.0 Å². The number of fused-ring (bicyclic) bond motifs is 10. The fraction of sp³-hybridized carbons (Fsp3) is 0.0200. The Balaban J connectivity index is 1.06. The molecule has 55 heavy (non-hydrogen) atoms. The van der Waals surface area contributed by atoms with Gasteiger partial charge in [-0.05, 0) is 75.8 Å². The van der Waals surface area contributed by atoms with Gasteiger partial charge in [0.2, 0.25) is 0 Å². The normalized spacial score (nSPS) is 12.3. The van der Waals surface area contributed by atoms with E-state index < -0.39 is 0 Å². The Morgan fingerprint density at radius 3 is 2.04 bits per heavy atom. The molecule has 5 nitrogen and oxygen atoms in total. The monoisotopic (exact) mass is 702 g/mol. The zero-order chi connectivity index (χ0) is 36.0. The molecule has 0 saturated heterocycles. The quantitative estimate of drug-likeness (QED) is 0.183. The molecule has 0 spiro atoms. The van der Waals surface area contributed by atoms with Crippen molar-refractivity contribution in [3.05, 3.63) is 181 Å². The van der Waals surface area contributed by atoms with E-state index >= 15 is 0 Å². The molecule has 1 aliphatic rings. The standard InChI is InChI=1S/C50H30N4O/c1-2-12-30(13-3-1)48-51-49(38-20-10-19-36-35-17-7-6-16-33(35)27-41(36)38)53-50(52-48)40-21-11-23-45-47(40)39-25-24-34(29-46(39)55-45)54-43-22-9-8-18-37(43)42-26-31-14-4-5-15-32(31)28-44(42)54/h1-26,28-29H,27H2.